The van der Waals surface area contributed by atoms with Crippen LogP contribution in [0.4, 0.5) is 0 Å². The number of carbonyl (C=O) groups excluding carboxylic acids is 1. The van der Waals surface area contributed by atoms with Crippen molar-refractivity contribution in [3.63, 3.8) is 0 Å². The molecule has 13 heteroatoms. The molecule has 9 rings (SSSR count). The molecule has 3 aromatic carbocycles. The summed E-state index contributed by atoms with van der Waals surface area (Å²) in [6.45, 7) is 2.17. The minimum Gasteiger partial charge on any atom is -0.507 e. The Morgan fingerprint density at radius 2 is 1.83 bits per heavy atom. The molecule has 0 bridgehead atoms. The zero-order valence-corrected chi connectivity index (χ0v) is 33.0. The van der Waals surface area contributed by atoms with Gasteiger partial charge < -0.3 is 54.7 Å². The maximum Gasteiger partial charge on any atom is 0.335 e. The van der Waals surface area contributed by atoms with Gasteiger partial charge in [-0.1, -0.05) is 42.8 Å². The topological polar surface area (TPSA) is 213 Å². The monoisotopic (exact) mass is 812 g/mol. The standard InChI is InChI=1S/C46H52O13/c1-23-35(32(49)13-10-24-6-3-2-4-7-24)40(51)37-29(39(23)50)16-27(43(54)55)17-33(37)58-44-41(52)42(53)46(34(19-48)59-44)18-30-28-9-5-8-26-20-56-22-45(14-15-47,38(26)28)31-12-11-25(21-57-46)36(30)31/h2-4,6-7,12,16-17,26,28,30,34,38,41-42,44,47-48,50-53H,5,8-11,13-15,18-22H2,1H3,(H,54,55). The van der Waals surface area contributed by atoms with Gasteiger partial charge in [-0.05, 0) is 104 Å². The number of carboxylic acid groups (broad SMARTS) is 1. The molecule has 314 valence electrons. The number of benzene rings is 3. The Kier molecular flexibility index (Phi) is 10.4. The van der Waals surface area contributed by atoms with Crippen LogP contribution in [0.1, 0.15) is 76.8 Å². The van der Waals surface area contributed by atoms with Gasteiger partial charge in [-0.25, -0.2) is 4.79 Å². The van der Waals surface area contributed by atoms with Crippen LogP contribution in [0.2, 0.25) is 0 Å². The van der Waals surface area contributed by atoms with Gasteiger partial charge in [0.1, 0.15) is 41.2 Å². The molecule has 3 aliphatic heterocycles. The maximum atomic E-state index is 13.7. The Morgan fingerprint density at radius 3 is 2.58 bits per heavy atom. The molecular formula is C46H52O13. The highest BCUT2D eigenvalue weighted by Crippen LogP contribution is 2.66. The van der Waals surface area contributed by atoms with E-state index in [1.807, 2.05) is 30.3 Å². The minimum atomic E-state index is -1.79. The van der Waals surface area contributed by atoms with Crippen LogP contribution in [-0.4, -0.2) is 111 Å². The molecule has 7 N–H and O–H groups in total. The van der Waals surface area contributed by atoms with E-state index in [4.69, 9.17) is 18.9 Å². The van der Waals surface area contributed by atoms with Crippen LogP contribution in [0.3, 0.4) is 0 Å². The molecule has 10 atom stereocenters. The number of aromatic hydroxyl groups is 2. The quantitative estimate of drug-likeness (QED) is 0.109. The van der Waals surface area contributed by atoms with E-state index >= 15 is 0 Å². The number of phenolic OH excluding ortho intramolecular Hbond substituents is 2. The van der Waals surface area contributed by atoms with Gasteiger partial charge in [0, 0.05) is 36.0 Å². The van der Waals surface area contributed by atoms with Crippen LogP contribution in [-0.2, 0) is 20.6 Å². The number of hydrogen-bond acceptors (Lipinski definition) is 12. The van der Waals surface area contributed by atoms with Crippen LogP contribution in [0.15, 0.2) is 65.3 Å². The van der Waals surface area contributed by atoms with E-state index in [0.29, 0.717) is 38.4 Å². The van der Waals surface area contributed by atoms with Crippen LogP contribution >= 0.6 is 0 Å². The summed E-state index contributed by atoms with van der Waals surface area (Å²) >= 11 is 0. The summed E-state index contributed by atoms with van der Waals surface area (Å²) in [5.74, 6) is -2.52. The molecular weight excluding hydrogens is 760 g/mol. The smallest absolute Gasteiger partial charge is 0.335 e. The third-order valence-corrected chi connectivity index (χ3v) is 14.6. The number of carboxylic acids is 1. The van der Waals surface area contributed by atoms with Crippen molar-refractivity contribution in [1.82, 2.24) is 0 Å². The summed E-state index contributed by atoms with van der Waals surface area (Å²) in [6.07, 6.45) is 0.679. The maximum absolute atomic E-state index is 13.7. The number of ketones is 1. The van der Waals surface area contributed by atoms with Crippen molar-refractivity contribution >= 4 is 22.5 Å². The zero-order chi connectivity index (χ0) is 41.4. The molecule has 0 amide bonds. The van der Waals surface area contributed by atoms with E-state index < -0.39 is 60.1 Å². The van der Waals surface area contributed by atoms with E-state index in [1.54, 1.807) is 0 Å². The fourth-order valence-electron chi connectivity index (χ4n) is 12.0. The molecule has 3 heterocycles. The van der Waals surface area contributed by atoms with Gasteiger partial charge in [0.25, 0.3) is 0 Å². The van der Waals surface area contributed by atoms with E-state index in [-0.39, 0.29) is 82.4 Å². The first-order valence-electron chi connectivity index (χ1n) is 20.8. The molecule has 3 aliphatic carbocycles. The highest BCUT2D eigenvalue weighted by atomic mass is 16.7. The van der Waals surface area contributed by atoms with Gasteiger partial charge in [-0.15, -0.1) is 0 Å². The molecule has 13 nitrogen and oxygen atoms in total. The zero-order valence-electron chi connectivity index (χ0n) is 33.0. The van der Waals surface area contributed by atoms with Crippen molar-refractivity contribution in [2.24, 2.45) is 29.1 Å². The van der Waals surface area contributed by atoms with Crippen molar-refractivity contribution in [2.45, 2.75) is 88.5 Å². The number of ether oxygens (including phenoxy) is 4. The van der Waals surface area contributed by atoms with E-state index in [0.717, 1.165) is 42.5 Å². The summed E-state index contributed by atoms with van der Waals surface area (Å²) < 4.78 is 25.5. The van der Waals surface area contributed by atoms with Crippen molar-refractivity contribution in [2.75, 3.05) is 33.0 Å². The third kappa shape index (κ3) is 6.23. The summed E-state index contributed by atoms with van der Waals surface area (Å²) in [5.41, 5.74) is 1.99. The molecule has 3 aromatic rings. The Bertz CT molecular complexity index is 2220. The molecule has 0 radical (unpaired) electrons. The molecule has 0 aromatic heterocycles. The number of Topliss-reactive ketones (excluding diaryl/α,β-unsaturated/α-hetero) is 1. The number of phenols is 2. The van der Waals surface area contributed by atoms with Gasteiger partial charge in [0.2, 0.25) is 6.29 Å². The van der Waals surface area contributed by atoms with Gasteiger partial charge in [0.05, 0.1) is 36.3 Å². The lowest BCUT2D eigenvalue weighted by atomic mass is 9.46. The second-order valence-corrected chi connectivity index (χ2v) is 17.5. The Labute approximate surface area is 341 Å². The van der Waals surface area contributed by atoms with Crippen molar-refractivity contribution in [3.8, 4) is 17.2 Å². The normalized spacial score (nSPS) is 33.6. The Balaban J connectivity index is 1.06. The van der Waals surface area contributed by atoms with Crippen LogP contribution in [0, 0.1) is 36.0 Å². The summed E-state index contributed by atoms with van der Waals surface area (Å²) in [4.78, 5) is 26.0. The van der Waals surface area contributed by atoms with E-state index in [9.17, 15) is 45.3 Å². The molecule has 4 fully saturated rings. The van der Waals surface area contributed by atoms with Gasteiger partial charge >= 0.3 is 5.97 Å². The lowest BCUT2D eigenvalue weighted by molar-refractivity contribution is -0.326. The van der Waals surface area contributed by atoms with Crippen LogP contribution in [0.25, 0.3) is 10.8 Å². The van der Waals surface area contributed by atoms with Crippen molar-refractivity contribution in [3.05, 3.63) is 87.5 Å². The van der Waals surface area contributed by atoms with E-state index in [2.05, 4.69) is 6.08 Å². The predicted octanol–water partition coefficient (Wildman–Crippen LogP) is 4.74. The molecule has 6 aliphatic rings. The van der Waals surface area contributed by atoms with Crippen molar-refractivity contribution in [1.29, 1.82) is 0 Å². The molecule has 2 saturated heterocycles. The van der Waals surface area contributed by atoms with Crippen LogP contribution < -0.4 is 4.74 Å². The number of rotatable bonds is 10. The van der Waals surface area contributed by atoms with Gasteiger partial charge in [-0.3, -0.25) is 4.79 Å². The average Bonchev–Trinajstić information content (AvgIpc) is 3.60. The van der Waals surface area contributed by atoms with Gasteiger partial charge in [-0.2, -0.15) is 0 Å². The number of aliphatic hydroxyl groups is 4. The number of aromatic carboxylic acids is 1. The fraction of sp³-hybridized carbons (Fsp3) is 0.522. The number of carbonyl (C=O) groups is 2. The second-order valence-electron chi connectivity index (χ2n) is 17.5. The largest absolute Gasteiger partial charge is 0.507 e. The van der Waals surface area contributed by atoms with Gasteiger partial charge in [0.15, 0.2) is 5.78 Å². The molecule has 59 heavy (non-hydrogen) atoms. The first kappa shape index (κ1) is 40.1. The highest BCUT2D eigenvalue weighted by Gasteiger charge is 2.65. The average molecular weight is 813 g/mol. The van der Waals surface area contributed by atoms with E-state index in [1.165, 1.54) is 18.1 Å². The Hall–Kier alpha value is -4.34. The highest BCUT2D eigenvalue weighted by molar-refractivity contribution is 6.11. The summed E-state index contributed by atoms with van der Waals surface area (Å²) in [5, 5.41) is 78.6. The van der Waals surface area contributed by atoms with Crippen molar-refractivity contribution < 1.29 is 64.3 Å². The lowest BCUT2D eigenvalue weighted by Crippen LogP contribution is -2.69. The number of allylic oxidation sites excluding steroid dienone is 2. The second kappa shape index (κ2) is 15.3. The first-order chi connectivity index (χ1) is 28.4. The van der Waals surface area contributed by atoms with Crippen LogP contribution in [0.5, 0.6) is 17.2 Å². The fourth-order valence-corrected chi connectivity index (χ4v) is 12.0. The SMILES string of the molecule is Cc1c(C(=O)CCc2ccccc2)c(O)c2c(OC3OC(CO)C4(CC5C6=C(CC=C6C6(CCO)COCC7CCCC5C76)CO4)C(O)C3O)cc(C(=O)O)cc2c1O. The number of hydrogen-bond donors (Lipinski definition) is 7. The Morgan fingerprint density at radius 1 is 1.03 bits per heavy atom. The molecule has 10 unspecified atom stereocenters. The third-order valence-electron chi connectivity index (χ3n) is 14.6. The summed E-state index contributed by atoms with van der Waals surface area (Å²) in [7, 11) is 0. The predicted molar refractivity (Wildman–Crippen MR) is 212 cm³/mol. The lowest BCUT2D eigenvalue weighted by Gasteiger charge is -2.61. The minimum absolute atomic E-state index is 0.00130. The first-order valence-corrected chi connectivity index (χ1v) is 20.8. The molecule has 2 saturated carbocycles. The summed E-state index contributed by atoms with van der Waals surface area (Å²) in [6, 6.07) is 11.6. The molecule has 1 spiro atoms. The number of aryl methyl sites for hydroxylation is 1. The number of aliphatic hydroxyl groups excluding tert-OH is 4. The number of fused-ring (bicyclic) bond motifs is 3.